The highest BCUT2D eigenvalue weighted by Crippen LogP contribution is 2.19. The topological polar surface area (TPSA) is 0 Å². The molecule has 0 radical (unpaired) electrons. The van der Waals surface area contributed by atoms with E-state index in [1.54, 1.807) is 0 Å². The van der Waals surface area contributed by atoms with E-state index in [-0.39, 0.29) is 0 Å². The zero-order chi connectivity index (χ0) is 29.2. The van der Waals surface area contributed by atoms with Gasteiger partial charge in [0, 0.05) is 8.39 Å². The standard InChI is InChI=1S/C36H70S4/c1-3-5-7-9-11-13-17-21-25-29-33-39-35(37)31-27-23-19-15-16-20-24-28-32-36(38)40-34-30-26-22-18-14-12-10-8-6-4-2/h3-34H2,1-2H3. The third-order valence-electron chi connectivity index (χ3n) is 8.03. The van der Waals surface area contributed by atoms with Crippen LogP contribution in [0.25, 0.3) is 0 Å². The van der Waals surface area contributed by atoms with Gasteiger partial charge in [0.05, 0.1) is 0 Å². The Bertz CT molecular complexity index is 473. The molecule has 0 fully saturated rings. The molecule has 0 nitrogen and oxygen atoms in total. The molecule has 0 saturated heterocycles. The van der Waals surface area contributed by atoms with Gasteiger partial charge in [0.25, 0.3) is 0 Å². The number of hydrogen-bond acceptors (Lipinski definition) is 4. The molecular weight excluding hydrogens is 561 g/mol. The summed E-state index contributed by atoms with van der Waals surface area (Å²) in [7, 11) is 0. The molecule has 0 aliphatic heterocycles. The van der Waals surface area contributed by atoms with Crippen LogP contribution in [0.4, 0.5) is 0 Å². The van der Waals surface area contributed by atoms with Crippen molar-refractivity contribution in [3.8, 4) is 0 Å². The first-order valence-corrected chi connectivity index (χ1v) is 20.8. The van der Waals surface area contributed by atoms with Crippen LogP contribution in [0.1, 0.15) is 206 Å². The fraction of sp³-hybridized carbons (Fsp3) is 0.944. The maximum atomic E-state index is 5.61. The predicted molar refractivity (Wildman–Crippen MR) is 200 cm³/mol. The number of thiocarbonyl (C=S) groups is 2. The fourth-order valence-corrected chi connectivity index (χ4v) is 7.81. The summed E-state index contributed by atoms with van der Waals surface area (Å²) in [5.41, 5.74) is 0. The molecule has 0 heterocycles. The highest BCUT2D eigenvalue weighted by atomic mass is 32.2. The van der Waals surface area contributed by atoms with E-state index in [4.69, 9.17) is 24.4 Å². The summed E-state index contributed by atoms with van der Waals surface area (Å²) >= 11 is 15.2. The smallest absolute Gasteiger partial charge is 0.0478 e. The van der Waals surface area contributed by atoms with Crippen LogP contribution in [0, 0.1) is 0 Å². The van der Waals surface area contributed by atoms with E-state index in [0.29, 0.717) is 0 Å². The van der Waals surface area contributed by atoms with Crippen molar-refractivity contribution in [3.63, 3.8) is 0 Å². The van der Waals surface area contributed by atoms with Gasteiger partial charge in [-0.25, -0.2) is 0 Å². The SMILES string of the molecule is CCCCCCCCCCCCSC(=S)CCCCCCCCCCC(=S)SCCCCCCCCCCCC. The largest absolute Gasteiger partial charge is 0.119 e. The second-order valence-corrected chi connectivity index (χ2v) is 16.0. The second-order valence-electron chi connectivity index (χ2n) is 12.1. The van der Waals surface area contributed by atoms with E-state index in [0.717, 1.165) is 12.8 Å². The zero-order valence-corrected chi connectivity index (χ0v) is 30.5. The van der Waals surface area contributed by atoms with Crippen molar-refractivity contribution in [2.45, 2.75) is 206 Å². The van der Waals surface area contributed by atoms with E-state index in [1.165, 1.54) is 200 Å². The van der Waals surface area contributed by atoms with E-state index in [1.807, 2.05) is 23.5 Å². The number of thioether (sulfide) groups is 2. The molecule has 0 spiro atoms. The van der Waals surface area contributed by atoms with Crippen LogP contribution in [0.3, 0.4) is 0 Å². The molecule has 40 heavy (non-hydrogen) atoms. The summed E-state index contributed by atoms with van der Waals surface area (Å²) in [6.45, 7) is 4.59. The highest BCUT2D eigenvalue weighted by Gasteiger charge is 2.01. The van der Waals surface area contributed by atoms with Crippen molar-refractivity contribution in [2.24, 2.45) is 0 Å². The summed E-state index contributed by atoms with van der Waals surface area (Å²) in [5.74, 6) is 2.49. The average Bonchev–Trinajstić information content (AvgIpc) is 2.95. The van der Waals surface area contributed by atoms with Gasteiger partial charge in [-0.3, -0.25) is 0 Å². The van der Waals surface area contributed by atoms with Crippen molar-refractivity contribution in [2.75, 3.05) is 11.5 Å². The van der Waals surface area contributed by atoms with E-state index in [9.17, 15) is 0 Å². The Kier molecular flexibility index (Phi) is 36.9. The van der Waals surface area contributed by atoms with Gasteiger partial charge in [-0.15, -0.1) is 23.5 Å². The van der Waals surface area contributed by atoms with Gasteiger partial charge in [0.1, 0.15) is 0 Å². The van der Waals surface area contributed by atoms with Gasteiger partial charge in [-0.05, 0) is 50.0 Å². The van der Waals surface area contributed by atoms with Crippen LogP contribution in [0.15, 0.2) is 0 Å². The first-order chi connectivity index (χ1) is 19.7. The molecule has 4 heteroatoms. The molecule has 0 aromatic carbocycles. The maximum absolute atomic E-state index is 5.61. The second kappa shape index (κ2) is 36.1. The zero-order valence-electron chi connectivity index (χ0n) is 27.3. The summed E-state index contributed by atoms with van der Waals surface area (Å²) in [5, 5.41) is 0. The lowest BCUT2D eigenvalue weighted by Gasteiger charge is -2.06. The summed E-state index contributed by atoms with van der Waals surface area (Å²) < 4.78 is 2.52. The summed E-state index contributed by atoms with van der Waals surface area (Å²) in [6.07, 6.45) is 41.6. The van der Waals surface area contributed by atoms with Crippen molar-refractivity contribution >= 4 is 56.4 Å². The lowest BCUT2D eigenvalue weighted by Crippen LogP contribution is -1.92. The van der Waals surface area contributed by atoms with Gasteiger partial charge >= 0.3 is 0 Å². The van der Waals surface area contributed by atoms with Gasteiger partial charge in [-0.1, -0.05) is 192 Å². The van der Waals surface area contributed by atoms with Gasteiger partial charge in [0.2, 0.25) is 0 Å². The van der Waals surface area contributed by atoms with E-state index < -0.39 is 0 Å². The Hall–Kier alpha value is 0.880. The molecule has 0 atom stereocenters. The normalized spacial score (nSPS) is 11.3. The average molecular weight is 631 g/mol. The Morgan fingerprint density at radius 1 is 0.325 bits per heavy atom. The van der Waals surface area contributed by atoms with Crippen LogP contribution in [-0.2, 0) is 0 Å². The van der Waals surface area contributed by atoms with E-state index >= 15 is 0 Å². The minimum absolute atomic E-state index is 1.16. The molecule has 0 aromatic heterocycles. The molecule has 0 aliphatic carbocycles. The van der Waals surface area contributed by atoms with Crippen LogP contribution >= 0.6 is 48.0 Å². The molecule has 0 bridgehead atoms. The van der Waals surface area contributed by atoms with Crippen LogP contribution < -0.4 is 0 Å². The van der Waals surface area contributed by atoms with Crippen molar-refractivity contribution < 1.29 is 0 Å². The third-order valence-corrected chi connectivity index (χ3v) is 11.2. The molecule has 0 aliphatic rings. The van der Waals surface area contributed by atoms with Gasteiger partial charge in [-0.2, -0.15) is 0 Å². The predicted octanol–water partition coefficient (Wildman–Crippen LogP) is 14.9. The van der Waals surface area contributed by atoms with Crippen molar-refractivity contribution in [1.29, 1.82) is 0 Å². The number of rotatable bonds is 33. The summed E-state index contributed by atoms with van der Waals surface area (Å²) in [4.78, 5) is 0. The molecule has 238 valence electrons. The van der Waals surface area contributed by atoms with Crippen LogP contribution in [0.5, 0.6) is 0 Å². The third kappa shape index (κ3) is 35.1. The Morgan fingerprint density at radius 2 is 0.550 bits per heavy atom. The van der Waals surface area contributed by atoms with Gasteiger partial charge < -0.3 is 0 Å². The van der Waals surface area contributed by atoms with Gasteiger partial charge in [0.15, 0.2) is 0 Å². The molecule has 0 saturated carbocycles. The van der Waals surface area contributed by atoms with Crippen LogP contribution in [0.2, 0.25) is 0 Å². The van der Waals surface area contributed by atoms with Crippen molar-refractivity contribution in [1.82, 2.24) is 0 Å². The number of unbranched alkanes of at least 4 members (excludes halogenated alkanes) is 25. The van der Waals surface area contributed by atoms with E-state index in [2.05, 4.69) is 13.8 Å². The quantitative estimate of drug-likeness (QED) is 0.0522. The minimum atomic E-state index is 1.16. The molecular formula is C36H70S4. The lowest BCUT2D eigenvalue weighted by molar-refractivity contribution is 0.563. The lowest BCUT2D eigenvalue weighted by atomic mass is 10.1. The monoisotopic (exact) mass is 630 g/mol. The first kappa shape index (κ1) is 40.9. The Morgan fingerprint density at radius 3 is 0.825 bits per heavy atom. The number of hydrogen-bond donors (Lipinski definition) is 0. The Balaban J connectivity index is 3.23. The highest BCUT2D eigenvalue weighted by molar-refractivity contribution is 8.23. The van der Waals surface area contributed by atoms with Crippen molar-refractivity contribution in [3.05, 3.63) is 0 Å². The molecule has 0 aromatic rings. The molecule has 0 rings (SSSR count). The minimum Gasteiger partial charge on any atom is -0.119 e. The summed E-state index contributed by atoms with van der Waals surface area (Å²) in [6, 6.07) is 0. The first-order valence-electron chi connectivity index (χ1n) is 18.0. The fourth-order valence-electron chi connectivity index (χ4n) is 5.29. The molecule has 0 unspecified atom stereocenters. The molecule has 0 N–H and O–H groups in total. The molecule has 0 amide bonds. The Labute approximate surface area is 272 Å². The maximum Gasteiger partial charge on any atom is 0.0478 e. The van der Waals surface area contributed by atoms with Crippen LogP contribution in [-0.4, -0.2) is 19.9 Å².